The molecule has 1 N–H and O–H groups in total. The van der Waals surface area contributed by atoms with Gasteiger partial charge >= 0.3 is 0 Å². The van der Waals surface area contributed by atoms with Crippen LogP contribution in [0.15, 0.2) is 52.5 Å². The minimum Gasteiger partial charge on any atom is -0.367 e. The van der Waals surface area contributed by atoms with Crippen molar-refractivity contribution in [3.05, 3.63) is 75.3 Å². The smallest absolute Gasteiger partial charge is 0.276 e. The lowest BCUT2D eigenvalue weighted by molar-refractivity contribution is 0.0953. The molecular weight excluding hydrogens is 421 g/mol. The van der Waals surface area contributed by atoms with Gasteiger partial charge in [0.15, 0.2) is 0 Å². The number of rotatable bonds is 5. The summed E-state index contributed by atoms with van der Waals surface area (Å²) in [7, 11) is 2.04. The van der Waals surface area contributed by atoms with Crippen LogP contribution in [0.3, 0.4) is 0 Å². The summed E-state index contributed by atoms with van der Waals surface area (Å²) >= 11 is 0. The fourth-order valence-corrected chi connectivity index (χ4v) is 3.99. The number of fused-ring (bicyclic) bond motifs is 1. The number of aryl methyl sites for hydroxylation is 2. The molecule has 1 amide bonds. The summed E-state index contributed by atoms with van der Waals surface area (Å²) in [5.41, 5.74) is 4.86. The number of piperazine rings is 1. The first-order valence-corrected chi connectivity index (χ1v) is 11.1. The number of benzene rings is 2. The molecule has 0 bridgehead atoms. The van der Waals surface area contributed by atoms with Gasteiger partial charge in [0.1, 0.15) is 11.4 Å². The fourth-order valence-electron chi connectivity index (χ4n) is 3.99. The summed E-state index contributed by atoms with van der Waals surface area (Å²) in [6.07, 6.45) is 3.03. The zero-order chi connectivity index (χ0) is 23.5. The molecule has 0 unspecified atom stereocenters. The maximum Gasteiger partial charge on any atom is 0.276 e. The van der Waals surface area contributed by atoms with Gasteiger partial charge in [0, 0.05) is 44.3 Å². The number of aromatic nitrogens is 1. The summed E-state index contributed by atoms with van der Waals surface area (Å²) < 4.78 is 16.8. The number of nitrogens with one attached hydrogen (secondary N) is 1. The Balaban J connectivity index is 1.65. The van der Waals surface area contributed by atoms with Crippen LogP contribution in [0.2, 0.25) is 0 Å². The Labute approximate surface area is 192 Å². The van der Waals surface area contributed by atoms with Gasteiger partial charge < -0.3 is 14.4 Å². The molecule has 1 saturated heterocycles. The van der Waals surface area contributed by atoms with Crippen LogP contribution in [-0.2, 0) is 6.54 Å². The molecule has 7 nitrogen and oxygen atoms in total. The van der Waals surface area contributed by atoms with Gasteiger partial charge in [-0.2, -0.15) is 5.10 Å². The molecule has 0 spiro atoms. The molecule has 3 aromatic rings. The van der Waals surface area contributed by atoms with Crippen LogP contribution in [0, 0.1) is 12.7 Å². The van der Waals surface area contributed by atoms with E-state index in [2.05, 4.69) is 15.4 Å². The van der Waals surface area contributed by atoms with E-state index in [9.17, 15) is 9.59 Å². The van der Waals surface area contributed by atoms with Gasteiger partial charge in [-0.15, -0.1) is 0 Å². The number of hydrazone groups is 1. The number of hydrogen-bond acceptors (Lipinski definition) is 5. The average molecular weight is 450 g/mol. The van der Waals surface area contributed by atoms with Gasteiger partial charge in [-0.3, -0.25) is 9.59 Å². The number of carbonyl (C=O) groups excluding carboxylic acids is 1. The van der Waals surface area contributed by atoms with Crippen LogP contribution < -0.4 is 15.8 Å². The van der Waals surface area contributed by atoms with Crippen molar-refractivity contribution in [3.63, 3.8) is 0 Å². The Bertz CT molecular complexity index is 1260. The maximum absolute atomic E-state index is 15.0. The van der Waals surface area contributed by atoms with Gasteiger partial charge in [0.05, 0.1) is 17.4 Å². The summed E-state index contributed by atoms with van der Waals surface area (Å²) in [5, 5.41) is 4.15. The van der Waals surface area contributed by atoms with E-state index in [0.717, 1.165) is 37.3 Å². The van der Waals surface area contributed by atoms with Crippen LogP contribution >= 0.6 is 0 Å². The van der Waals surface area contributed by atoms with Crippen LogP contribution in [0.25, 0.3) is 10.9 Å². The molecule has 0 saturated carbocycles. The van der Waals surface area contributed by atoms with Gasteiger partial charge in [-0.05, 0) is 38.6 Å². The third-order valence-electron chi connectivity index (χ3n) is 6.04. The summed E-state index contributed by atoms with van der Waals surface area (Å²) in [6.45, 7) is 7.56. The number of pyridine rings is 1. The summed E-state index contributed by atoms with van der Waals surface area (Å²) in [5.74, 6) is -1.09. The standard InChI is InChI=1S/C25H28FN5O2/c1-4-30-16-20(25(33)28-27-15-18-7-5-17(2)6-8-18)24(32)19-13-21(26)23(14-22(19)30)31-11-9-29(3)10-12-31/h5-8,13-16H,4,9-12H2,1-3H3,(H,28,33)/b27-15-. The lowest BCUT2D eigenvalue weighted by Crippen LogP contribution is -2.44. The second-order valence-electron chi connectivity index (χ2n) is 8.38. The first-order valence-electron chi connectivity index (χ1n) is 11.1. The molecular formula is C25H28FN5O2. The number of carbonyl (C=O) groups is 1. The van der Waals surface area contributed by atoms with Crippen LogP contribution in [0.1, 0.15) is 28.4 Å². The van der Waals surface area contributed by atoms with E-state index in [1.165, 1.54) is 18.5 Å². The molecule has 1 aromatic heterocycles. The summed E-state index contributed by atoms with van der Waals surface area (Å²) in [6, 6.07) is 10.6. The number of halogens is 1. The van der Waals surface area contributed by atoms with E-state index < -0.39 is 17.2 Å². The van der Waals surface area contributed by atoms with E-state index in [-0.39, 0.29) is 10.9 Å². The van der Waals surface area contributed by atoms with E-state index in [4.69, 9.17) is 0 Å². The highest BCUT2D eigenvalue weighted by molar-refractivity contribution is 5.98. The monoisotopic (exact) mass is 449 g/mol. The zero-order valence-electron chi connectivity index (χ0n) is 19.1. The van der Waals surface area contributed by atoms with Crippen LogP contribution in [0.5, 0.6) is 0 Å². The molecule has 8 heteroatoms. The van der Waals surface area contributed by atoms with E-state index >= 15 is 4.39 Å². The molecule has 0 atom stereocenters. The number of nitrogens with zero attached hydrogens (tertiary/aromatic N) is 4. The number of amides is 1. The highest BCUT2D eigenvalue weighted by Gasteiger charge is 2.21. The van der Waals surface area contributed by atoms with Crippen LogP contribution in [-0.4, -0.2) is 54.8 Å². The highest BCUT2D eigenvalue weighted by Crippen LogP contribution is 2.26. The van der Waals surface area contributed by atoms with Crippen molar-refractivity contribution in [2.45, 2.75) is 20.4 Å². The minimum atomic E-state index is -0.629. The Kier molecular flexibility index (Phi) is 6.55. The van der Waals surface area contributed by atoms with Crippen molar-refractivity contribution in [2.75, 3.05) is 38.1 Å². The molecule has 2 aromatic carbocycles. The van der Waals surface area contributed by atoms with E-state index in [1.807, 2.05) is 50.1 Å². The third kappa shape index (κ3) is 4.80. The van der Waals surface area contributed by atoms with Crippen molar-refractivity contribution >= 4 is 28.7 Å². The van der Waals surface area contributed by atoms with Gasteiger partial charge in [0.2, 0.25) is 5.43 Å². The first kappa shape index (κ1) is 22.7. The van der Waals surface area contributed by atoms with Crippen molar-refractivity contribution in [1.29, 1.82) is 0 Å². The second kappa shape index (κ2) is 9.54. The van der Waals surface area contributed by atoms with Gasteiger partial charge in [-0.1, -0.05) is 29.8 Å². The quantitative estimate of drug-likeness (QED) is 0.480. The minimum absolute atomic E-state index is 0.0721. The molecule has 1 aliphatic rings. The normalized spacial score (nSPS) is 14.8. The van der Waals surface area contributed by atoms with Crippen molar-refractivity contribution in [2.24, 2.45) is 5.10 Å². The topological polar surface area (TPSA) is 69.9 Å². The molecule has 33 heavy (non-hydrogen) atoms. The predicted molar refractivity (Wildman–Crippen MR) is 130 cm³/mol. The highest BCUT2D eigenvalue weighted by atomic mass is 19.1. The van der Waals surface area contributed by atoms with Crippen molar-refractivity contribution in [3.8, 4) is 0 Å². The molecule has 4 rings (SSSR count). The molecule has 1 aliphatic heterocycles. The van der Waals surface area contributed by atoms with Gasteiger partial charge in [-0.25, -0.2) is 9.82 Å². The van der Waals surface area contributed by atoms with Crippen molar-refractivity contribution in [1.82, 2.24) is 14.9 Å². The number of hydrogen-bond donors (Lipinski definition) is 1. The Morgan fingerprint density at radius 2 is 1.85 bits per heavy atom. The Morgan fingerprint density at radius 1 is 1.15 bits per heavy atom. The van der Waals surface area contributed by atoms with Crippen LogP contribution in [0.4, 0.5) is 10.1 Å². The summed E-state index contributed by atoms with van der Waals surface area (Å²) in [4.78, 5) is 30.0. The van der Waals surface area contributed by atoms with E-state index in [1.54, 1.807) is 10.6 Å². The lowest BCUT2D eigenvalue weighted by atomic mass is 10.1. The number of anilines is 1. The third-order valence-corrected chi connectivity index (χ3v) is 6.04. The average Bonchev–Trinajstić information content (AvgIpc) is 2.81. The van der Waals surface area contributed by atoms with Gasteiger partial charge in [0.25, 0.3) is 5.91 Å². The molecule has 1 fully saturated rings. The molecule has 172 valence electrons. The SMILES string of the molecule is CCn1cc(C(=O)N/N=C\c2ccc(C)cc2)c(=O)c2cc(F)c(N3CCN(C)CC3)cc21. The van der Waals surface area contributed by atoms with Crippen molar-refractivity contribution < 1.29 is 9.18 Å². The molecule has 2 heterocycles. The first-order chi connectivity index (χ1) is 15.9. The zero-order valence-corrected chi connectivity index (χ0v) is 19.1. The maximum atomic E-state index is 15.0. The molecule has 0 radical (unpaired) electrons. The Morgan fingerprint density at radius 3 is 2.52 bits per heavy atom. The number of likely N-dealkylation sites (N-methyl/N-ethyl adjacent to an activating group) is 1. The fraction of sp³-hybridized carbons (Fsp3) is 0.320. The lowest BCUT2D eigenvalue weighted by Gasteiger charge is -2.34. The predicted octanol–water partition coefficient (Wildman–Crippen LogP) is 2.98. The van der Waals surface area contributed by atoms with E-state index in [0.29, 0.717) is 17.7 Å². The second-order valence-corrected chi connectivity index (χ2v) is 8.38. The molecule has 0 aliphatic carbocycles. The Hall–Kier alpha value is -3.52. The largest absolute Gasteiger partial charge is 0.367 e.